The number of amides is 1. The quantitative estimate of drug-likeness (QED) is 0.495. The van der Waals surface area contributed by atoms with Crippen LogP contribution in [-0.4, -0.2) is 96.9 Å². The van der Waals surface area contributed by atoms with Gasteiger partial charge in [0.05, 0.1) is 37.3 Å². The van der Waals surface area contributed by atoms with Crippen LogP contribution in [0.3, 0.4) is 0 Å². The molecular formula is C31H41ClN6O3. The van der Waals surface area contributed by atoms with Gasteiger partial charge in [0.1, 0.15) is 0 Å². The molecule has 0 bridgehead atoms. The van der Waals surface area contributed by atoms with Crippen molar-refractivity contribution < 1.29 is 14.3 Å². The number of rotatable bonds is 6. The monoisotopic (exact) mass is 580 g/mol. The van der Waals surface area contributed by atoms with Crippen LogP contribution in [0.1, 0.15) is 43.2 Å². The second kappa shape index (κ2) is 11.8. The molecule has 5 aliphatic rings. The summed E-state index contributed by atoms with van der Waals surface area (Å²) in [6.07, 6.45) is 6.51. The third-order valence-electron chi connectivity index (χ3n) is 10.3. The molecule has 1 aromatic rings. The number of nitrogens with one attached hydrogen (secondary N) is 2. The highest BCUT2D eigenvalue weighted by Gasteiger charge is 2.56. The summed E-state index contributed by atoms with van der Waals surface area (Å²) in [5.74, 6) is 0.186. The first-order chi connectivity index (χ1) is 19.8. The number of Topliss-reactive ketones (excluding diaryl/α,β-unsaturated/α-hetero) is 1. The lowest BCUT2D eigenvalue weighted by Crippen LogP contribution is -2.74. The van der Waals surface area contributed by atoms with E-state index in [1.54, 1.807) is 4.90 Å². The van der Waals surface area contributed by atoms with Crippen molar-refractivity contribution in [2.24, 2.45) is 11.3 Å². The smallest absolute Gasteiger partial charge is 0.246 e. The molecule has 1 aromatic carbocycles. The fraction of sp³-hybridized carbons (Fsp3) is 0.645. The number of carbonyl (C=O) groups excluding carboxylic acids is 2. The van der Waals surface area contributed by atoms with Crippen LogP contribution >= 0.6 is 11.6 Å². The zero-order valence-corrected chi connectivity index (χ0v) is 24.6. The number of halogens is 1. The standard InChI is InChI=1S/C31H41ClN6O3/c1-3-26(39)38-14-13-37(18-23(38)9-11-33)29-25-8-10-31(16-20-6-7-22(32)15-21(20)17-31)28(40)27(25)34-30(35-29)41-19-24-5-4-12-36(24)2/h3,6-7,15,23-25,27,29-30,34-35H,1,4-5,8-10,12-14,16-19H2,2H3/t23?,24?,25?,27?,29?,30?,31-/m1/s1. The average Bonchev–Trinajstić information content (AvgIpc) is 3.56. The van der Waals surface area contributed by atoms with Gasteiger partial charge in [0.2, 0.25) is 5.91 Å². The number of carbonyl (C=O) groups is 2. The lowest BCUT2D eigenvalue weighted by Gasteiger charge is -2.54. The Morgan fingerprint density at radius 1 is 1.22 bits per heavy atom. The van der Waals surface area contributed by atoms with Gasteiger partial charge < -0.3 is 14.5 Å². The van der Waals surface area contributed by atoms with Gasteiger partial charge in [-0.1, -0.05) is 24.2 Å². The highest BCUT2D eigenvalue weighted by atomic mass is 35.5. The van der Waals surface area contributed by atoms with Crippen molar-refractivity contribution in [1.82, 2.24) is 25.3 Å². The van der Waals surface area contributed by atoms with Crippen LogP contribution in [0, 0.1) is 22.7 Å². The topological polar surface area (TPSA) is 101 Å². The molecule has 9 nitrogen and oxygen atoms in total. The summed E-state index contributed by atoms with van der Waals surface area (Å²) in [5.41, 5.74) is 2.00. The van der Waals surface area contributed by atoms with Crippen LogP contribution in [0.5, 0.6) is 0 Å². The Hall–Kier alpha value is -2.32. The van der Waals surface area contributed by atoms with Crippen LogP contribution < -0.4 is 10.6 Å². The maximum Gasteiger partial charge on any atom is 0.246 e. The summed E-state index contributed by atoms with van der Waals surface area (Å²) in [5, 5.41) is 17.5. The molecule has 41 heavy (non-hydrogen) atoms. The van der Waals surface area contributed by atoms with Gasteiger partial charge in [-0.05, 0) is 81.5 Å². The fourth-order valence-corrected chi connectivity index (χ4v) is 8.24. The Morgan fingerprint density at radius 3 is 2.80 bits per heavy atom. The number of ketones is 1. The SMILES string of the molecule is C=CC(=O)N1CCN(C2NC(OCC3CCCN3C)NC3C(=O)[C@]4(CCC32)Cc2ccc(Cl)cc2C4)CC1CC#N. The van der Waals surface area contributed by atoms with Gasteiger partial charge in [0.15, 0.2) is 12.1 Å². The summed E-state index contributed by atoms with van der Waals surface area (Å²) in [6.45, 7) is 7.06. The van der Waals surface area contributed by atoms with E-state index in [9.17, 15) is 14.9 Å². The molecule has 3 heterocycles. The third-order valence-corrected chi connectivity index (χ3v) is 10.5. The lowest BCUT2D eigenvalue weighted by atomic mass is 9.64. The van der Waals surface area contributed by atoms with Crippen LogP contribution in [0.2, 0.25) is 5.02 Å². The van der Waals surface area contributed by atoms with Gasteiger partial charge in [-0.3, -0.25) is 25.1 Å². The number of nitrogens with zero attached hydrogens (tertiary/aromatic N) is 4. The van der Waals surface area contributed by atoms with Crippen molar-refractivity contribution in [3.8, 4) is 6.07 Å². The first-order valence-corrected chi connectivity index (χ1v) is 15.4. The molecular weight excluding hydrogens is 540 g/mol. The van der Waals surface area contributed by atoms with Crippen molar-refractivity contribution in [2.75, 3.05) is 39.8 Å². The van der Waals surface area contributed by atoms with Gasteiger partial charge in [-0.25, -0.2) is 0 Å². The number of fused-ring (bicyclic) bond motifs is 2. The highest BCUT2D eigenvalue weighted by molar-refractivity contribution is 6.30. The van der Waals surface area contributed by atoms with Gasteiger partial charge in [0, 0.05) is 42.0 Å². The molecule has 1 saturated carbocycles. The van der Waals surface area contributed by atoms with E-state index >= 15 is 0 Å². The van der Waals surface area contributed by atoms with Crippen LogP contribution in [0.25, 0.3) is 0 Å². The van der Waals surface area contributed by atoms with Crippen LogP contribution in [-0.2, 0) is 27.2 Å². The minimum Gasteiger partial charge on any atom is -0.348 e. The maximum absolute atomic E-state index is 14.5. The average molecular weight is 581 g/mol. The Morgan fingerprint density at radius 2 is 2.05 bits per heavy atom. The number of nitriles is 1. The van der Waals surface area contributed by atoms with E-state index in [-0.39, 0.29) is 42.3 Å². The van der Waals surface area contributed by atoms with Gasteiger partial charge in [-0.2, -0.15) is 5.26 Å². The van der Waals surface area contributed by atoms with Crippen molar-refractivity contribution >= 4 is 23.3 Å². The number of ether oxygens (including phenoxy) is 1. The number of hydrogen-bond donors (Lipinski definition) is 2. The molecule has 2 N–H and O–H groups in total. The minimum absolute atomic E-state index is 0.0545. The summed E-state index contributed by atoms with van der Waals surface area (Å²) >= 11 is 6.31. The fourth-order valence-electron chi connectivity index (χ4n) is 8.05. The molecule has 3 saturated heterocycles. The van der Waals surface area contributed by atoms with E-state index in [1.807, 2.05) is 12.1 Å². The molecule has 3 aliphatic heterocycles. The summed E-state index contributed by atoms with van der Waals surface area (Å²) < 4.78 is 6.45. The molecule has 7 atom stereocenters. The molecule has 10 heteroatoms. The van der Waals surface area contributed by atoms with Gasteiger partial charge in [0.25, 0.3) is 0 Å². The van der Waals surface area contributed by atoms with E-state index in [0.717, 1.165) is 38.6 Å². The lowest BCUT2D eigenvalue weighted by molar-refractivity contribution is -0.152. The van der Waals surface area contributed by atoms with E-state index < -0.39 is 11.8 Å². The Labute approximate surface area is 247 Å². The number of hydrogen-bond acceptors (Lipinski definition) is 8. The van der Waals surface area contributed by atoms with Crippen LogP contribution in [0.15, 0.2) is 30.9 Å². The van der Waals surface area contributed by atoms with Crippen LogP contribution in [0.4, 0.5) is 0 Å². The predicted molar refractivity (Wildman–Crippen MR) is 156 cm³/mol. The first kappa shape index (κ1) is 28.8. The summed E-state index contributed by atoms with van der Waals surface area (Å²) in [6, 6.07) is 8.09. The summed E-state index contributed by atoms with van der Waals surface area (Å²) in [7, 11) is 2.14. The molecule has 6 unspecified atom stereocenters. The van der Waals surface area contributed by atoms with E-state index in [1.165, 1.54) is 23.6 Å². The second-order valence-electron chi connectivity index (χ2n) is 12.6. The third kappa shape index (κ3) is 5.47. The number of likely N-dealkylation sites (tertiary alicyclic amines) is 1. The maximum atomic E-state index is 14.5. The molecule has 220 valence electrons. The Kier molecular flexibility index (Phi) is 8.25. The molecule has 1 amide bonds. The first-order valence-electron chi connectivity index (χ1n) is 15.0. The van der Waals surface area contributed by atoms with Crippen molar-refractivity contribution in [1.29, 1.82) is 5.26 Å². The number of piperazine rings is 1. The Bertz CT molecular complexity index is 1240. The second-order valence-corrected chi connectivity index (χ2v) is 13.0. The van der Waals surface area contributed by atoms with Crippen molar-refractivity contribution in [3.05, 3.63) is 47.0 Å². The molecule has 4 fully saturated rings. The molecule has 2 aliphatic carbocycles. The zero-order chi connectivity index (χ0) is 28.7. The van der Waals surface area contributed by atoms with Crippen molar-refractivity contribution in [3.63, 3.8) is 0 Å². The number of likely N-dealkylation sites (N-methyl/N-ethyl adjacent to an activating group) is 1. The Balaban J connectivity index is 1.24. The largest absolute Gasteiger partial charge is 0.348 e. The minimum atomic E-state index is -0.463. The zero-order valence-electron chi connectivity index (χ0n) is 23.9. The summed E-state index contributed by atoms with van der Waals surface area (Å²) in [4.78, 5) is 33.4. The molecule has 6 rings (SSSR count). The number of benzene rings is 1. The normalized spacial score (nSPS) is 35.7. The molecule has 1 spiro atoms. The predicted octanol–water partition coefficient (Wildman–Crippen LogP) is 2.30. The van der Waals surface area contributed by atoms with E-state index in [0.29, 0.717) is 37.3 Å². The van der Waals surface area contributed by atoms with Gasteiger partial charge in [-0.15, -0.1) is 0 Å². The van der Waals surface area contributed by atoms with Crippen molar-refractivity contribution in [2.45, 2.75) is 75.6 Å². The van der Waals surface area contributed by atoms with E-state index in [4.69, 9.17) is 16.3 Å². The highest BCUT2D eigenvalue weighted by Crippen LogP contribution is 2.48. The molecule has 0 radical (unpaired) electrons. The van der Waals surface area contributed by atoms with E-state index in [2.05, 4.69) is 46.2 Å². The van der Waals surface area contributed by atoms with Gasteiger partial charge >= 0.3 is 0 Å². The molecule has 0 aromatic heterocycles.